The summed E-state index contributed by atoms with van der Waals surface area (Å²) in [4.78, 5) is 4.70. The number of aliphatic imine (C=N–C) groups is 1. The molecule has 0 bridgehead atoms. The summed E-state index contributed by atoms with van der Waals surface area (Å²) in [7, 11) is 0. The first-order chi connectivity index (χ1) is 14.1. The van der Waals surface area contributed by atoms with Crippen molar-refractivity contribution in [3.05, 3.63) is 18.0 Å². The molecule has 162 valence electrons. The van der Waals surface area contributed by atoms with Gasteiger partial charge in [-0.1, -0.05) is 32.5 Å². The van der Waals surface area contributed by atoms with Gasteiger partial charge >= 0.3 is 0 Å². The highest BCUT2D eigenvalue weighted by atomic mass is 32.2. The largest absolute Gasteiger partial charge is 0.357 e. The van der Waals surface area contributed by atoms with Crippen LogP contribution in [0.2, 0.25) is 0 Å². The Hall–Kier alpha value is -2.10. The Morgan fingerprint density at radius 2 is 2.00 bits per heavy atom. The molecule has 9 nitrogen and oxygen atoms in total. The van der Waals surface area contributed by atoms with Gasteiger partial charge in [-0.25, -0.2) is 0 Å². The topological polar surface area (TPSA) is 97.8 Å². The molecular weight excluding hydrogens is 386 g/mol. The van der Waals surface area contributed by atoms with E-state index in [2.05, 4.69) is 67.9 Å². The first-order valence-electron chi connectivity index (χ1n) is 10.4. The predicted octanol–water partition coefficient (Wildman–Crippen LogP) is 2.00. The van der Waals surface area contributed by atoms with Crippen LogP contribution in [-0.4, -0.2) is 61.4 Å². The van der Waals surface area contributed by atoms with E-state index in [4.69, 9.17) is 4.99 Å². The summed E-state index contributed by atoms with van der Waals surface area (Å²) in [6, 6.07) is 0. The molecular formula is C19H35N9S. The van der Waals surface area contributed by atoms with E-state index in [1.807, 2.05) is 6.26 Å². The monoisotopic (exact) mass is 421 g/mol. The van der Waals surface area contributed by atoms with E-state index in [1.165, 1.54) is 0 Å². The molecule has 0 aliphatic carbocycles. The molecule has 0 atom stereocenters. The highest BCUT2D eigenvalue weighted by Crippen LogP contribution is 2.16. The Balaban J connectivity index is 1.83. The van der Waals surface area contributed by atoms with Gasteiger partial charge in [0.1, 0.15) is 18.0 Å². The lowest BCUT2D eigenvalue weighted by molar-refractivity contribution is 0.477. The lowest BCUT2D eigenvalue weighted by atomic mass is 10.2. The second-order valence-corrected chi connectivity index (χ2v) is 7.97. The van der Waals surface area contributed by atoms with Crippen molar-refractivity contribution >= 4 is 17.7 Å². The highest BCUT2D eigenvalue weighted by Gasteiger charge is 2.12. The molecule has 0 aromatic carbocycles. The summed E-state index contributed by atoms with van der Waals surface area (Å²) >= 11 is 1.65. The van der Waals surface area contributed by atoms with Crippen molar-refractivity contribution in [2.45, 2.75) is 65.2 Å². The molecule has 0 saturated carbocycles. The number of guanidine groups is 1. The lowest BCUT2D eigenvalue weighted by Gasteiger charge is -2.13. The van der Waals surface area contributed by atoms with Gasteiger partial charge in [0.05, 0.1) is 0 Å². The van der Waals surface area contributed by atoms with E-state index in [0.717, 1.165) is 74.8 Å². The summed E-state index contributed by atoms with van der Waals surface area (Å²) in [5.74, 6) is 3.46. The molecule has 10 heteroatoms. The molecule has 0 spiro atoms. The molecule has 0 fully saturated rings. The van der Waals surface area contributed by atoms with Crippen LogP contribution in [0.5, 0.6) is 0 Å². The Kier molecular flexibility index (Phi) is 9.96. The second-order valence-electron chi connectivity index (χ2n) is 7.19. The van der Waals surface area contributed by atoms with Gasteiger partial charge in [-0.15, -0.1) is 20.4 Å². The normalized spacial score (nSPS) is 12.0. The Labute approximate surface area is 178 Å². The van der Waals surface area contributed by atoms with Crippen LogP contribution in [0.4, 0.5) is 0 Å². The van der Waals surface area contributed by atoms with E-state index in [1.54, 1.807) is 18.1 Å². The zero-order valence-corrected chi connectivity index (χ0v) is 19.2. The minimum Gasteiger partial charge on any atom is -0.357 e. The molecule has 0 unspecified atom stereocenters. The predicted molar refractivity (Wildman–Crippen MR) is 118 cm³/mol. The van der Waals surface area contributed by atoms with Crippen molar-refractivity contribution in [2.24, 2.45) is 10.9 Å². The maximum Gasteiger partial charge on any atom is 0.191 e. The van der Waals surface area contributed by atoms with Crippen molar-refractivity contribution in [3.63, 3.8) is 0 Å². The first-order valence-corrected chi connectivity index (χ1v) is 11.7. The number of aryl methyl sites for hydroxylation is 2. The van der Waals surface area contributed by atoms with Crippen LogP contribution in [0.1, 0.15) is 45.8 Å². The van der Waals surface area contributed by atoms with E-state index in [0.29, 0.717) is 5.92 Å². The van der Waals surface area contributed by atoms with Gasteiger partial charge in [0, 0.05) is 45.6 Å². The highest BCUT2D eigenvalue weighted by molar-refractivity contribution is 7.98. The Morgan fingerprint density at radius 1 is 1.17 bits per heavy atom. The van der Waals surface area contributed by atoms with Crippen LogP contribution in [0.3, 0.4) is 0 Å². The third-order valence-electron chi connectivity index (χ3n) is 4.35. The quantitative estimate of drug-likeness (QED) is 0.234. The molecule has 2 N–H and O–H groups in total. The van der Waals surface area contributed by atoms with Crippen molar-refractivity contribution in [3.8, 4) is 0 Å². The van der Waals surface area contributed by atoms with E-state index >= 15 is 0 Å². The number of nitrogens with zero attached hydrogens (tertiary/aromatic N) is 7. The van der Waals surface area contributed by atoms with Gasteiger partial charge in [0.25, 0.3) is 0 Å². The molecule has 2 heterocycles. The fourth-order valence-corrected chi connectivity index (χ4v) is 3.53. The van der Waals surface area contributed by atoms with Gasteiger partial charge in [-0.05, 0) is 25.5 Å². The lowest BCUT2D eigenvalue weighted by Crippen LogP contribution is -2.39. The van der Waals surface area contributed by atoms with Crippen LogP contribution in [0, 0.1) is 5.92 Å². The van der Waals surface area contributed by atoms with Crippen molar-refractivity contribution in [2.75, 3.05) is 25.9 Å². The third-order valence-corrected chi connectivity index (χ3v) is 5.02. The molecule has 0 radical (unpaired) electrons. The van der Waals surface area contributed by atoms with Crippen LogP contribution in [0.25, 0.3) is 0 Å². The minimum absolute atomic E-state index is 0.567. The molecule has 2 aromatic heterocycles. The maximum absolute atomic E-state index is 4.70. The zero-order valence-electron chi connectivity index (χ0n) is 18.4. The fourth-order valence-electron chi connectivity index (χ4n) is 3.01. The summed E-state index contributed by atoms with van der Waals surface area (Å²) in [5.41, 5.74) is 0. The van der Waals surface area contributed by atoms with Crippen molar-refractivity contribution in [1.82, 2.24) is 40.2 Å². The number of hydrogen-bond acceptors (Lipinski definition) is 6. The van der Waals surface area contributed by atoms with E-state index in [-0.39, 0.29) is 0 Å². The summed E-state index contributed by atoms with van der Waals surface area (Å²) in [5, 5.41) is 24.5. The smallest absolute Gasteiger partial charge is 0.191 e. The average molecular weight is 422 g/mol. The minimum atomic E-state index is 0.567. The fraction of sp³-hybridized carbons (Fsp3) is 0.737. The SMILES string of the molecule is CCNC(=NCCCc1nnc(SC)n1CC(C)C)NCCn1cnnc1CC. The van der Waals surface area contributed by atoms with Gasteiger partial charge in [0.15, 0.2) is 11.1 Å². The van der Waals surface area contributed by atoms with Gasteiger partial charge < -0.3 is 19.8 Å². The third kappa shape index (κ3) is 7.34. The molecule has 0 saturated heterocycles. The number of hydrogen-bond donors (Lipinski definition) is 2. The standard InChI is InChI=1S/C19H35N9S/c1-6-16-24-23-14-27(16)12-11-22-18(20-7-2)21-10-8-9-17-25-26-19(29-5)28(17)13-15(3)4/h14-15H,6-13H2,1-5H3,(H2,20,21,22). The summed E-state index contributed by atoms with van der Waals surface area (Å²) in [6.07, 6.45) is 6.53. The summed E-state index contributed by atoms with van der Waals surface area (Å²) in [6.45, 7) is 12.7. The van der Waals surface area contributed by atoms with Gasteiger partial charge in [-0.3, -0.25) is 4.99 Å². The molecule has 2 aromatic rings. The molecule has 29 heavy (non-hydrogen) atoms. The Morgan fingerprint density at radius 3 is 2.69 bits per heavy atom. The molecule has 2 rings (SSSR count). The van der Waals surface area contributed by atoms with Crippen LogP contribution >= 0.6 is 11.8 Å². The van der Waals surface area contributed by atoms with E-state index in [9.17, 15) is 0 Å². The number of aromatic nitrogens is 6. The Bertz CT molecular complexity index is 751. The summed E-state index contributed by atoms with van der Waals surface area (Å²) < 4.78 is 4.31. The number of nitrogens with one attached hydrogen (secondary N) is 2. The molecule has 0 amide bonds. The van der Waals surface area contributed by atoms with Crippen LogP contribution in [0.15, 0.2) is 16.5 Å². The number of thioether (sulfide) groups is 1. The second kappa shape index (κ2) is 12.5. The number of rotatable bonds is 12. The van der Waals surface area contributed by atoms with Crippen LogP contribution in [-0.2, 0) is 25.9 Å². The van der Waals surface area contributed by atoms with Gasteiger partial charge in [-0.2, -0.15) is 0 Å². The van der Waals surface area contributed by atoms with Crippen molar-refractivity contribution < 1.29 is 0 Å². The average Bonchev–Trinajstić information content (AvgIpc) is 3.31. The molecule has 0 aliphatic heterocycles. The van der Waals surface area contributed by atoms with Gasteiger partial charge in [0.2, 0.25) is 0 Å². The first kappa shape index (κ1) is 23.2. The zero-order chi connectivity index (χ0) is 21.1. The maximum atomic E-state index is 4.70. The van der Waals surface area contributed by atoms with Crippen molar-refractivity contribution in [1.29, 1.82) is 0 Å². The molecule has 0 aliphatic rings. The van der Waals surface area contributed by atoms with E-state index < -0.39 is 0 Å². The van der Waals surface area contributed by atoms with Crippen LogP contribution < -0.4 is 10.6 Å².